The molecule has 0 spiro atoms. The number of rotatable bonds is 5. The number of ether oxygens (including phenoxy) is 2. The Labute approximate surface area is 118 Å². The van der Waals surface area contributed by atoms with Crippen LogP contribution in [-0.4, -0.2) is 12.9 Å². The molecule has 4 heteroatoms. The average molecular weight is 270 g/mol. The Morgan fingerprint density at radius 2 is 1.90 bits per heavy atom. The maximum absolute atomic E-state index is 7.49. The summed E-state index contributed by atoms with van der Waals surface area (Å²) in [5.41, 5.74) is 8.38. The van der Waals surface area contributed by atoms with Crippen LogP contribution in [0.5, 0.6) is 11.5 Å². The van der Waals surface area contributed by atoms with Gasteiger partial charge in [-0.1, -0.05) is 29.8 Å². The Morgan fingerprint density at radius 1 is 1.15 bits per heavy atom. The van der Waals surface area contributed by atoms with Gasteiger partial charge in [0.25, 0.3) is 0 Å². The van der Waals surface area contributed by atoms with Gasteiger partial charge in [0.05, 0.1) is 7.11 Å². The number of amidine groups is 1. The number of nitrogens with two attached hydrogens (primary N) is 1. The highest BCUT2D eigenvalue weighted by molar-refractivity contribution is 5.95. The molecule has 20 heavy (non-hydrogen) atoms. The highest BCUT2D eigenvalue weighted by atomic mass is 16.5. The van der Waals surface area contributed by atoms with Gasteiger partial charge in [-0.2, -0.15) is 0 Å². The van der Waals surface area contributed by atoms with Crippen molar-refractivity contribution >= 4 is 5.84 Å². The third kappa shape index (κ3) is 3.51. The van der Waals surface area contributed by atoms with Gasteiger partial charge in [-0.15, -0.1) is 0 Å². The largest absolute Gasteiger partial charge is 0.497 e. The second kappa shape index (κ2) is 6.10. The molecule has 0 saturated heterocycles. The maximum Gasteiger partial charge on any atom is 0.124 e. The van der Waals surface area contributed by atoms with Gasteiger partial charge in [0.2, 0.25) is 0 Å². The Bertz CT molecular complexity index is 624. The molecule has 0 aliphatic heterocycles. The standard InChI is InChI=1S/C16H18N2O2/c1-11-4-3-5-12(6-11)10-20-15-8-13(16(17)18)7-14(9-15)19-2/h3-9H,10H2,1-2H3,(H3,17,18). The van der Waals surface area contributed by atoms with Crippen LogP contribution >= 0.6 is 0 Å². The van der Waals surface area contributed by atoms with Crippen LogP contribution < -0.4 is 15.2 Å². The Hall–Kier alpha value is -2.49. The zero-order valence-corrected chi connectivity index (χ0v) is 11.6. The summed E-state index contributed by atoms with van der Waals surface area (Å²) in [5.74, 6) is 1.25. The summed E-state index contributed by atoms with van der Waals surface area (Å²) in [4.78, 5) is 0. The fourth-order valence-electron chi connectivity index (χ4n) is 1.90. The van der Waals surface area contributed by atoms with E-state index in [9.17, 15) is 0 Å². The van der Waals surface area contributed by atoms with Crippen molar-refractivity contribution in [3.8, 4) is 11.5 Å². The van der Waals surface area contributed by atoms with Gasteiger partial charge >= 0.3 is 0 Å². The summed E-state index contributed by atoms with van der Waals surface area (Å²) in [6.07, 6.45) is 0. The summed E-state index contributed by atoms with van der Waals surface area (Å²) in [5, 5.41) is 7.49. The first-order chi connectivity index (χ1) is 9.58. The second-order valence-corrected chi connectivity index (χ2v) is 4.59. The van der Waals surface area contributed by atoms with Gasteiger partial charge in [0.1, 0.15) is 23.9 Å². The molecule has 0 aliphatic carbocycles. The lowest BCUT2D eigenvalue weighted by molar-refractivity contribution is 0.303. The van der Waals surface area contributed by atoms with Gasteiger partial charge in [0, 0.05) is 11.6 Å². The molecule has 0 unspecified atom stereocenters. The molecular weight excluding hydrogens is 252 g/mol. The van der Waals surface area contributed by atoms with Gasteiger partial charge < -0.3 is 15.2 Å². The van der Waals surface area contributed by atoms with E-state index in [0.29, 0.717) is 23.7 Å². The third-order valence-electron chi connectivity index (χ3n) is 2.91. The second-order valence-electron chi connectivity index (χ2n) is 4.59. The Kier molecular flexibility index (Phi) is 4.25. The average Bonchev–Trinajstić information content (AvgIpc) is 2.45. The molecule has 2 aromatic rings. The molecule has 4 nitrogen and oxygen atoms in total. The molecule has 104 valence electrons. The minimum absolute atomic E-state index is 0.00990. The quantitative estimate of drug-likeness (QED) is 0.648. The van der Waals surface area contributed by atoms with Crippen molar-refractivity contribution in [2.24, 2.45) is 5.73 Å². The number of aryl methyl sites for hydroxylation is 1. The fourth-order valence-corrected chi connectivity index (χ4v) is 1.90. The minimum Gasteiger partial charge on any atom is -0.497 e. The normalized spacial score (nSPS) is 10.1. The smallest absolute Gasteiger partial charge is 0.124 e. The molecule has 0 amide bonds. The summed E-state index contributed by atoms with van der Waals surface area (Å²) < 4.78 is 10.9. The van der Waals surface area contributed by atoms with E-state index >= 15 is 0 Å². The SMILES string of the molecule is COc1cc(OCc2cccc(C)c2)cc(C(=N)N)c1. The summed E-state index contributed by atoms with van der Waals surface area (Å²) in [6.45, 7) is 2.51. The van der Waals surface area contributed by atoms with Crippen molar-refractivity contribution in [3.63, 3.8) is 0 Å². The summed E-state index contributed by atoms with van der Waals surface area (Å²) >= 11 is 0. The van der Waals surface area contributed by atoms with Crippen LogP contribution in [0.1, 0.15) is 16.7 Å². The Balaban J connectivity index is 2.16. The molecule has 0 aromatic heterocycles. The number of methoxy groups -OCH3 is 1. The van der Waals surface area contributed by atoms with E-state index in [1.54, 1.807) is 25.3 Å². The van der Waals surface area contributed by atoms with E-state index < -0.39 is 0 Å². The molecule has 0 heterocycles. The molecule has 0 saturated carbocycles. The highest BCUT2D eigenvalue weighted by Gasteiger charge is 2.05. The Morgan fingerprint density at radius 3 is 2.55 bits per heavy atom. The van der Waals surface area contributed by atoms with Crippen LogP contribution in [0, 0.1) is 12.3 Å². The number of benzene rings is 2. The van der Waals surface area contributed by atoms with Crippen LogP contribution in [0.15, 0.2) is 42.5 Å². The van der Waals surface area contributed by atoms with Crippen LogP contribution in [-0.2, 0) is 6.61 Å². The highest BCUT2D eigenvalue weighted by Crippen LogP contribution is 2.23. The van der Waals surface area contributed by atoms with Crippen molar-refractivity contribution in [2.75, 3.05) is 7.11 Å². The van der Waals surface area contributed by atoms with Crippen LogP contribution in [0.4, 0.5) is 0 Å². The lowest BCUT2D eigenvalue weighted by Gasteiger charge is -2.10. The maximum atomic E-state index is 7.49. The molecule has 0 aliphatic rings. The van der Waals surface area contributed by atoms with Gasteiger partial charge in [-0.3, -0.25) is 5.41 Å². The molecule has 2 rings (SSSR count). The molecule has 3 N–H and O–H groups in total. The van der Waals surface area contributed by atoms with Crippen LogP contribution in [0.2, 0.25) is 0 Å². The molecule has 0 radical (unpaired) electrons. The van der Waals surface area contributed by atoms with Crippen molar-refractivity contribution < 1.29 is 9.47 Å². The summed E-state index contributed by atoms with van der Waals surface area (Å²) in [6, 6.07) is 13.4. The first kappa shape index (κ1) is 13.9. The van der Waals surface area contributed by atoms with E-state index in [1.165, 1.54) is 5.56 Å². The van der Waals surface area contributed by atoms with E-state index in [-0.39, 0.29) is 5.84 Å². The number of hydrogen-bond acceptors (Lipinski definition) is 3. The molecule has 0 fully saturated rings. The number of nitrogen functional groups attached to an aromatic ring is 1. The van der Waals surface area contributed by atoms with Gasteiger partial charge in [-0.05, 0) is 24.6 Å². The monoisotopic (exact) mass is 270 g/mol. The number of nitrogens with one attached hydrogen (secondary N) is 1. The molecule has 0 atom stereocenters. The fraction of sp³-hybridized carbons (Fsp3) is 0.188. The molecule has 0 bridgehead atoms. The van der Waals surface area contributed by atoms with Gasteiger partial charge in [-0.25, -0.2) is 0 Å². The predicted octanol–water partition coefficient (Wildman–Crippen LogP) is 2.87. The molecular formula is C16H18N2O2. The predicted molar refractivity (Wildman–Crippen MR) is 79.5 cm³/mol. The van der Waals surface area contributed by atoms with E-state index in [4.69, 9.17) is 20.6 Å². The lowest BCUT2D eigenvalue weighted by atomic mass is 10.1. The number of hydrogen-bond donors (Lipinski definition) is 2. The van der Waals surface area contributed by atoms with E-state index in [2.05, 4.69) is 6.07 Å². The summed E-state index contributed by atoms with van der Waals surface area (Å²) in [7, 11) is 1.57. The first-order valence-corrected chi connectivity index (χ1v) is 6.30. The van der Waals surface area contributed by atoms with E-state index in [1.807, 2.05) is 25.1 Å². The topological polar surface area (TPSA) is 68.3 Å². The zero-order chi connectivity index (χ0) is 14.5. The van der Waals surface area contributed by atoms with Crippen molar-refractivity contribution in [3.05, 3.63) is 59.2 Å². The van der Waals surface area contributed by atoms with E-state index in [0.717, 1.165) is 5.56 Å². The first-order valence-electron chi connectivity index (χ1n) is 6.30. The van der Waals surface area contributed by atoms with Crippen LogP contribution in [0.3, 0.4) is 0 Å². The third-order valence-corrected chi connectivity index (χ3v) is 2.91. The minimum atomic E-state index is -0.00990. The van der Waals surface area contributed by atoms with Gasteiger partial charge in [0.15, 0.2) is 0 Å². The van der Waals surface area contributed by atoms with Crippen molar-refractivity contribution in [1.82, 2.24) is 0 Å². The lowest BCUT2D eigenvalue weighted by Crippen LogP contribution is -2.11. The van der Waals surface area contributed by atoms with Crippen LogP contribution in [0.25, 0.3) is 0 Å². The zero-order valence-electron chi connectivity index (χ0n) is 11.6. The van der Waals surface area contributed by atoms with Crippen molar-refractivity contribution in [2.45, 2.75) is 13.5 Å². The molecule has 2 aromatic carbocycles. The van der Waals surface area contributed by atoms with Crippen molar-refractivity contribution in [1.29, 1.82) is 5.41 Å².